The van der Waals surface area contributed by atoms with Crippen LogP contribution >= 0.6 is 0 Å². The number of hydrogen-bond donors (Lipinski definition) is 2. The number of aryl methyl sites for hydroxylation is 2. The minimum atomic E-state index is 0.610. The highest BCUT2D eigenvalue weighted by Gasteiger charge is 2.10. The summed E-state index contributed by atoms with van der Waals surface area (Å²) in [5.41, 5.74) is 4.82. The van der Waals surface area contributed by atoms with E-state index in [1.54, 1.807) is 6.33 Å². The van der Waals surface area contributed by atoms with Crippen molar-refractivity contribution in [3.8, 4) is 0 Å². The average Bonchev–Trinajstić information content (AvgIpc) is 2.94. The molecule has 0 aliphatic heterocycles. The van der Waals surface area contributed by atoms with Crippen molar-refractivity contribution in [2.24, 2.45) is 7.05 Å². The monoisotopic (exact) mass is 257 g/mol. The highest BCUT2D eigenvalue weighted by molar-refractivity contribution is 5.82. The van der Waals surface area contributed by atoms with Crippen LogP contribution in [0.1, 0.15) is 17.0 Å². The van der Waals surface area contributed by atoms with Crippen molar-refractivity contribution in [2.75, 3.05) is 5.32 Å². The highest BCUT2D eigenvalue weighted by atomic mass is 15.2. The van der Waals surface area contributed by atoms with Crippen LogP contribution in [0.3, 0.4) is 0 Å². The van der Waals surface area contributed by atoms with Gasteiger partial charge >= 0.3 is 0 Å². The molecular weight excluding hydrogens is 242 g/mol. The first-order valence-electron chi connectivity index (χ1n) is 6.03. The quantitative estimate of drug-likeness (QED) is 0.739. The number of hydrogen-bond acceptors (Lipinski definition) is 5. The molecule has 0 fully saturated rings. The van der Waals surface area contributed by atoms with Crippen LogP contribution in [0.25, 0.3) is 11.2 Å². The van der Waals surface area contributed by atoms with Crippen LogP contribution in [0, 0.1) is 13.8 Å². The van der Waals surface area contributed by atoms with Gasteiger partial charge < -0.3 is 9.88 Å². The summed E-state index contributed by atoms with van der Waals surface area (Å²) in [6, 6.07) is 0. The van der Waals surface area contributed by atoms with Gasteiger partial charge in [0.2, 0.25) is 0 Å². The molecule has 0 atom stereocenters. The van der Waals surface area contributed by atoms with Gasteiger partial charge in [-0.05, 0) is 19.4 Å². The van der Waals surface area contributed by atoms with E-state index in [-0.39, 0.29) is 0 Å². The summed E-state index contributed by atoms with van der Waals surface area (Å²) in [5.74, 6) is 0.727. The van der Waals surface area contributed by atoms with Gasteiger partial charge in [-0.15, -0.1) is 0 Å². The lowest BCUT2D eigenvalue weighted by Gasteiger charge is -2.04. The van der Waals surface area contributed by atoms with E-state index in [4.69, 9.17) is 0 Å². The third kappa shape index (κ3) is 1.92. The fourth-order valence-corrected chi connectivity index (χ4v) is 1.95. The Bertz CT molecular complexity index is 725. The molecule has 3 heterocycles. The van der Waals surface area contributed by atoms with Crippen molar-refractivity contribution in [3.63, 3.8) is 0 Å². The Hall–Kier alpha value is -2.44. The molecule has 0 aliphatic rings. The lowest BCUT2D eigenvalue weighted by molar-refractivity contribution is 0.927. The van der Waals surface area contributed by atoms with Crippen molar-refractivity contribution in [3.05, 3.63) is 29.6 Å². The van der Waals surface area contributed by atoms with Crippen LogP contribution in [0.2, 0.25) is 0 Å². The number of imidazole rings is 1. The topological polar surface area (TPSA) is 84.3 Å². The predicted octanol–water partition coefficient (Wildman–Crippen LogP) is 1.32. The zero-order valence-corrected chi connectivity index (χ0v) is 11.1. The molecular formula is C12H15N7. The van der Waals surface area contributed by atoms with Crippen LogP contribution in [-0.4, -0.2) is 29.7 Å². The molecule has 0 radical (unpaired) electrons. The summed E-state index contributed by atoms with van der Waals surface area (Å²) in [7, 11) is 1.91. The SMILES string of the molecule is Cc1[nH]nc(CNc2ncnc3c2ncn3C)c1C. The van der Waals surface area contributed by atoms with Gasteiger partial charge in [0, 0.05) is 12.7 Å². The molecule has 3 aromatic rings. The molecule has 0 unspecified atom stereocenters. The normalized spacial score (nSPS) is 11.1. The summed E-state index contributed by atoms with van der Waals surface area (Å²) in [6.07, 6.45) is 3.27. The second-order valence-corrected chi connectivity index (χ2v) is 4.52. The smallest absolute Gasteiger partial charge is 0.165 e. The fourth-order valence-electron chi connectivity index (χ4n) is 1.95. The first kappa shape index (κ1) is 11.6. The van der Waals surface area contributed by atoms with Crippen molar-refractivity contribution >= 4 is 17.0 Å². The number of fused-ring (bicyclic) bond motifs is 1. The van der Waals surface area contributed by atoms with Crippen LogP contribution in [0.4, 0.5) is 5.82 Å². The van der Waals surface area contributed by atoms with E-state index in [0.29, 0.717) is 6.54 Å². The van der Waals surface area contributed by atoms with Gasteiger partial charge in [-0.1, -0.05) is 0 Å². The molecule has 19 heavy (non-hydrogen) atoms. The van der Waals surface area contributed by atoms with E-state index in [0.717, 1.165) is 28.4 Å². The van der Waals surface area contributed by atoms with E-state index in [2.05, 4.69) is 30.5 Å². The maximum atomic E-state index is 4.31. The van der Waals surface area contributed by atoms with Crippen molar-refractivity contribution in [1.29, 1.82) is 0 Å². The largest absolute Gasteiger partial charge is 0.362 e. The van der Waals surface area contributed by atoms with E-state index in [1.165, 1.54) is 11.9 Å². The molecule has 7 heteroatoms. The Morgan fingerprint density at radius 1 is 1.26 bits per heavy atom. The Labute approximate surface area is 110 Å². The zero-order chi connectivity index (χ0) is 13.4. The van der Waals surface area contributed by atoms with Gasteiger partial charge in [0.05, 0.1) is 18.6 Å². The molecule has 0 amide bonds. The Balaban J connectivity index is 1.88. The summed E-state index contributed by atoms with van der Waals surface area (Å²) >= 11 is 0. The highest BCUT2D eigenvalue weighted by Crippen LogP contribution is 2.17. The summed E-state index contributed by atoms with van der Waals surface area (Å²) < 4.78 is 1.87. The predicted molar refractivity (Wildman–Crippen MR) is 71.7 cm³/mol. The number of aromatic amines is 1. The molecule has 0 saturated carbocycles. The molecule has 3 rings (SSSR count). The number of aromatic nitrogens is 6. The van der Waals surface area contributed by atoms with Crippen molar-refractivity contribution in [1.82, 2.24) is 29.7 Å². The zero-order valence-electron chi connectivity index (χ0n) is 11.1. The van der Waals surface area contributed by atoms with Gasteiger partial charge in [0.1, 0.15) is 11.8 Å². The van der Waals surface area contributed by atoms with Crippen molar-refractivity contribution < 1.29 is 0 Å². The standard InChI is InChI=1S/C12H15N7/c1-7-8(2)17-18-9(7)4-13-11-10-12(15-5-14-11)19(3)6-16-10/h5-6H,4H2,1-3H3,(H,17,18)(H,13,14,15). The maximum Gasteiger partial charge on any atom is 0.165 e. The van der Waals surface area contributed by atoms with Crippen molar-refractivity contribution in [2.45, 2.75) is 20.4 Å². The number of rotatable bonds is 3. The average molecular weight is 257 g/mol. The second-order valence-electron chi connectivity index (χ2n) is 4.52. The molecule has 98 valence electrons. The van der Waals surface area contributed by atoms with Gasteiger partial charge in [-0.25, -0.2) is 15.0 Å². The van der Waals surface area contributed by atoms with E-state index in [9.17, 15) is 0 Å². The third-order valence-electron chi connectivity index (χ3n) is 3.27. The van der Waals surface area contributed by atoms with Gasteiger partial charge in [-0.2, -0.15) is 5.10 Å². The van der Waals surface area contributed by atoms with Gasteiger partial charge in [-0.3, -0.25) is 5.10 Å². The minimum absolute atomic E-state index is 0.610. The van der Waals surface area contributed by atoms with Crippen LogP contribution in [-0.2, 0) is 13.6 Å². The van der Waals surface area contributed by atoms with E-state index < -0.39 is 0 Å². The maximum absolute atomic E-state index is 4.31. The number of nitrogens with one attached hydrogen (secondary N) is 2. The molecule has 0 saturated heterocycles. The number of H-pyrrole nitrogens is 1. The summed E-state index contributed by atoms with van der Waals surface area (Å²) in [4.78, 5) is 12.7. The molecule has 0 bridgehead atoms. The lowest BCUT2D eigenvalue weighted by Crippen LogP contribution is -2.04. The van der Waals surface area contributed by atoms with E-state index in [1.807, 2.05) is 25.5 Å². The number of anilines is 1. The Morgan fingerprint density at radius 3 is 2.84 bits per heavy atom. The Morgan fingerprint density at radius 2 is 2.11 bits per heavy atom. The van der Waals surface area contributed by atoms with Crippen LogP contribution in [0.5, 0.6) is 0 Å². The van der Waals surface area contributed by atoms with Crippen LogP contribution in [0.15, 0.2) is 12.7 Å². The first-order valence-corrected chi connectivity index (χ1v) is 6.03. The second kappa shape index (κ2) is 4.34. The first-order chi connectivity index (χ1) is 9.16. The molecule has 2 N–H and O–H groups in total. The Kier molecular flexibility index (Phi) is 2.66. The van der Waals surface area contributed by atoms with Crippen LogP contribution < -0.4 is 5.32 Å². The molecule has 7 nitrogen and oxygen atoms in total. The third-order valence-corrected chi connectivity index (χ3v) is 3.27. The molecule has 0 aromatic carbocycles. The number of nitrogens with zero attached hydrogens (tertiary/aromatic N) is 5. The van der Waals surface area contributed by atoms with E-state index >= 15 is 0 Å². The molecule has 3 aromatic heterocycles. The molecule has 0 aliphatic carbocycles. The van der Waals surface area contributed by atoms with Gasteiger partial charge in [0.25, 0.3) is 0 Å². The summed E-state index contributed by atoms with van der Waals surface area (Å²) in [5, 5.41) is 10.5. The minimum Gasteiger partial charge on any atom is -0.362 e. The van der Waals surface area contributed by atoms with Gasteiger partial charge in [0.15, 0.2) is 11.5 Å². The lowest BCUT2D eigenvalue weighted by atomic mass is 10.2. The molecule has 0 spiro atoms. The fraction of sp³-hybridized carbons (Fsp3) is 0.333. The summed E-state index contributed by atoms with van der Waals surface area (Å²) in [6.45, 7) is 4.67.